The van der Waals surface area contributed by atoms with E-state index in [0.717, 1.165) is 6.07 Å². The molecule has 1 N–H and O–H groups in total. The van der Waals surface area contributed by atoms with Crippen molar-refractivity contribution >= 4 is 15.7 Å². The van der Waals surface area contributed by atoms with Crippen LogP contribution in [-0.4, -0.2) is 25.8 Å². The van der Waals surface area contributed by atoms with E-state index in [-0.39, 0.29) is 17.2 Å². The van der Waals surface area contributed by atoms with Crippen LogP contribution in [0, 0.1) is 17.6 Å². The zero-order chi connectivity index (χ0) is 16.2. The van der Waals surface area contributed by atoms with Gasteiger partial charge in [-0.15, -0.1) is 0 Å². The van der Waals surface area contributed by atoms with E-state index in [9.17, 15) is 22.0 Å². The average molecular weight is 319 g/mol. The Morgan fingerprint density at radius 1 is 1.24 bits per heavy atom. The molecule has 0 bridgehead atoms. The first-order valence-electron chi connectivity index (χ1n) is 6.55. The zero-order valence-electron chi connectivity index (χ0n) is 12.2. The van der Waals surface area contributed by atoms with Crippen LogP contribution in [0.4, 0.5) is 8.78 Å². The Kier molecular flexibility index (Phi) is 5.83. The van der Waals surface area contributed by atoms with E-state index < -0.39 is 39.2 Å². The van der Waals surface area contributed by atoms with Crippen molar-refractivity contribution < 1.29 is 22.0 Å². The lowest BCUT2D eigenvalue weighted by Gasteiger charge is -2.15. The second kappa shape index (κ2) is 6.98. The molecule has 0 radical (unpaired) electrons. The quantitative estimate of drug-likeness (QED) is 0.874. The van der Waals surface area contributed by atoms with Crippen LogP contribution in [0.5, 0.6) is 0 Å². The standard InChI is InChI=1S/C14H19F2NO3S/c1-9(2)7-21(19,20)8-14(18)17-10(3)12-5-4-11(15)6-13(12)16/h4-6,9-10H,7-8H2,1-3H3,(H,17,18). The minimum Gasteiger partial charge on any atom is -0.349 e. The van der Waals surface area contributed by atoms with E-state index >= 15 is 0 Å². The third kappa shape index (κ3) is 5.79. The number of hydrogen-bond acceptors (Lipinski definition) is 3. The summed E-state index contributed by atoms with van der Waals surface area (Å²) < 4.78 is 49.8. The summed E-state index contributed by atoms with van der Waals surface area (Å²) in [5.74, 6) is -3.00. The highest BCUT2D eigenvalue weighted by molar-refractivity contribution is 7.92. The van der Waals surface area contributed by atoms with Gasteiger partial charge in [-0.3, -0.25) is 4.79 Å². The summed E-state index contributed by atoms with van der Waals surface area (Å²) in [7, 11) is -3.49. The lowest BCUT2D eigenvalue weighted by atomic mass is 10.1. The predicted molar refractivity (Wildman–Crippen MR) is 76.4 cm³/mol. The van der Waals surface area contributed by atoms with Crippen molar-refractivity contribution in [3.05, 3.63) is 35.4 Å². The molecule has 1 rings (SSSR count). The second-order valence-electron chi connectivity index (χ2n) is 5.40. The minimum absolute atomic E-state index is 0.0743. The largest absolute Gasteiger partial charge is 0.349 e. The van der Waals surface area contributed by atoms with E-state index in [0.29, 0.717) is 6.07 Å². The van der Waals surface area contributed by atoms with E-state index in [1.54, 1.807) is 13.8 Å². The van der Waals surface area contributed by atoms with Gasteiger partial charge >= 0.3 is 0 Å². The van der Waals surface area contributed by atoms with Crippen LogP contribution in [0.15, 0.2) is 18.2 Å². The molecule has 0 aromatic heterocycles. The molecule has 1 atom stereocenters. The molecule has 4 nitrogen and oxygen atoms in total. The van der Waals surface area contributed by atoms with Gasteiger partial charge in [-0.1, -0.05) is 19.9 Å². The highest BCUT2D eigenvalue weighted by Gasteiger charge is 2.20. The molecule has 0 aliphatic rings. The van der Waals surface area contributed by atoms with Gasteiger partial charge in [0.1, 0.15) is 17.4 Å². The van der Waals surface area contributed by atoms with Crippen molar-refractivity contribution in [2.24, 2.45) is 5.92 Å². The highest BCUT2D eigenvalue weighted by atomic mass is 32.2. The molecule has 0 spiro atoms. The topological polar surface area (TPSA) is 63.2 Å². The Bertz CT molecular complexity index is 615. The number of sulfone groups is 1. The predicted octanol–water partition coefficient (Wildman–Crippen LogP) is 2.21. The lowest BCUT2D eigenvalue weighted by molar-refractivity contribution is -0.119. The number of benzene rings is 1. The van der Waals surface area contributed by atoms with Crippen molar-refractivity contribution in [3.8, 4) is 0 Å². The molecule has 0 heterocycles. The number of rotatable bonds is 6. The van der Waals surface area contributed by atoms with E-state index in [4.69, 9.17) is 0 Å². The van der Waals surface area contributed by atoms with Crippen molar-refractivity contribution in [1.29, 1.82) is 0 Å². The number of amides is 1. The molecule has 1 aromatic rings. The van der Waals surface area contributed by atoms with Crippen LogP contribution < -0.4 is 5.32 Å². The highest BCUT2D eigenvalue weighted by Crippen LogP contribution is 2.17. The first-order chi connectivity index (χ1) is 9.60. The fourth-order valence-corrected chi connectivity index (χ4v) is 3.60. The first kappa shape index (κ1) is 17.6. The summed E-state index contributed by atoms with van der Waals surface area (Å²) in [6.45, 7) is 4.99. The van der Waals surface area contributed by atoms with Crippen molar-refractivity contribution in [3.63, 3.8) is 0 Å². The molecular formula is C14H19F2NO3S. The molecule has 1 amide bonds. The van der Waals surface area contributed by atoms with Gasteiger partial charge in [0.05, 0.1) is 11.8 Å². The fourth-order valence-electron chi connectivity index (χ4n) is 1.98. The second-order valence-corrected chi connectivity index (χ2v) is 7.51. The van der Waals surface area contributed by atoms with Gasteiger partial charge in [-0.05, 0) is 18.9 Å². The average Bonchev–Trinajstić information content (AvgIpc) is 2.24. The van der Waals surface area contributed by atoms with Gasteiger partial charge in [0.2, 0.25) is 5.91 Å². The van der Waals surface area contributed by atoms with Crippen molar-refractivity contribution in [2.75, 3.05) is 11.5 Å². The van der Waals surface area contributed by atoms with Gasteiger partial charge in [-0.2, -0.15) is 0 Å². The Morgan fingerprint density at radius 2 is 1.86 bits per heavy atom. The Morgan fingerprint density at radius 3 is 2.38 bits per heavy atom. The molecule has 118 valence electrons. The first-order valence-corrected chi connectivity index (χ1v) is 8.37. The summed E-state index contributed by atoms with van der Waals surface area (Å²) in [6, 6.07) is 2.27. The smallest absolute Gasteiger partial charge is 0.235 e. The molecule has 0 saturated heterocycles. The molecule has 0 aliphatic carbocycles. The van der Waals surface area contributed by atoms with Crippen LogP contribution in [-0.2, 0) is 14.6 Å². The van der Waals surface area contributed by atoms with Crippen LogP contribution in [0.3, 0.4) is 0 Å². The Labute approximate surface area is 123 Å². The van der Waals surface area contributed by atoms with Crippen LogP contribution in [0.1, 0.15) is 32.4 Å². The minimum atomic E-state index is -3.49. The lowest BCUT2D eigenvalue weighted by Crippen LogP contribution is -2.34. The molecule has 7 heteroatoms. The number of carbonyl (C=O) groups excluding carboxylic acids is 1. The molecular weight excluding hydrogens is 300 g/mol. The molecule has 21 heavy (non-hydrogen) atoms. The molecule has 0 fully saturated rings. The molecule has 1 unspecified atom stereocenters. The van der Waals surface area contributed by atoms with Crippen molar-refractivity contribution in [1.82, 2.24) is 5.32 Å². The van der Waals surface area contributed by atoms with Crippen LogP contribution >= 0.6 is 0 Å². The van der Waals surface area contributed by atoms with Gasteiger partial charge in [0, 0.05) is 11.6 Å². The van der Waals surface area contributed by atoms with Crippen LogP contribution in [0.25, 0.3) is 0 Å². The number of carbonyl (C=O) groups is 1. The maximum absolute atomic E-state index is 13.6. The summed E-state index contributed by atoms with van der Waals surface area (Å²) >= 11 is 0. The number of hydrogen-bond donors (Lipinski definition) is 1. The third-order valence-electron chi connectivity index (χ3n) is 2.74. The molecule has 1 aromatic carbocycles. The number of halogens is 2. The molecule has 0 saturated carbocycles. The van der Waals surface area contributed by atoms with Gasteiger partial charge in [-0.25, -0.2) is 17.2 Å². The normalized spacial score (nSPS) is 13.2. The van der Waals surface area contributed by atoms with E-state index in [1.807, 2.05) is 0 Å². The summed E-state index contributed by atoms with van der Waals surface area (Å²) in [4.78, 5) is 11.7. The summed E-state index contributed by atoms with van der Waals surface area (Å²) in [6.07, 6.45) is 0. The summed E-state index contributed by atoms with van der Waals surface area (Å²) in [5.41, 5.74) is 0.103. The van der Waals surface area contributed by atoms with Gasteiger partial charge in [0.25, 0.3) is 0 Å². The SMILES string of the molecule is CC(C)CS(=O)(=O)CC(=O)NC(C)c1ccc(F)cc1F. The van der Waals surface area contributed by atoms with Gasteiger partial charge in [0.15, 0.2) is 9.84 Å². The zero-order valence-corrected chi connectivity index (χ0v) is 13.0. The number of nitrogens with one attached hydrogen (secondary N) is 1. The molecule has 0 aliphatic heterocycles. The fraction of sp³-hybridized carbons (Fsp3) is 0.500. The summed E-state index contributed by atoms with van der Waals surface area (Å²) in [5, 5.41) is 2.41. The van der Waals surface area contributed by atoms with E-state index in [2.05, 4.69) is 5.32 Å². The Balaban J connectivity index is 2.70. The van der Waals surface area contributed by atoms with Crippen molar-refractivity contribution in [2.45, 2.75) is 26.8 Å². The maximum Gasteiger partial charge on any atom is 0.235 e. The third-order valence-corrected chi connectivity index (χ3v) is 4.62. The maximum atomic E-state index is 13.6. The Hall–Kier alpha value is -1.50. The van der Waals surface area contributed by atoms with E-state index in [1.165, 1.54) is 13.0 Å². The monoisotopic (exact) mass is 319 g/mol. The van der Waals surface area contributed by atoms with Crippen LogP contribution in [0.2, 0.25) is 0 Å². The van der Waals surface area contributed by atoms with Gasteiger partial charge < -0.3 is 5.32 Å².